The molecule has 0 aliphatic heterocycles. The Bertz CT molecular complexity index is 283. The molecule has 0 fully saturated rings. The Hall–Kier alpha value is -0.630. The third-order valence-electron chi connectivity index (χ3n) is 3.47. The summed E-state index contributed by atoms with van der Waals surface area (Å²) < 4.78 is 0. The zero-order valence-electron chi connectivity index (χ0n) is 14.4. The van der Waals surface area contributed by atoms with E-state index in [1.165, 1.54) is 6.42 Å². The van der Waals surface area contributed by atoms with Crippen LogP contribution in [0.1, 0.15) is 46.5 Å². The molecule has 1 atom stereocenters. The van der Waals surface area contributed by atoms with E-state index in [-0.39, 0.29) is 5.54 Å². The van der Waals surface area contributed by atoms with Crippen molar-refractivity contribution in [2.24, 2.45) is 0 Å². The molecule has 0 aromatic heterocycles. The summed E-state index contributed by atoms with van der Waals surface area (Å²) in [5.41, 5.74) is -0.377. The second kappa shape index (κ2) is 10.1. The van der Waals surface area contributed by atoms with Gasteiger partial charge in [-0.2, -0.15) is 5.26 Å². The molecular weight excluding hydrogens is 248 g/mol. The molecule has 0 aromatic rings. The van der Waals surface area contributed by atoms with E-state index < -0.39 is 0 Å². The summed E-state index contributed by atoms with van der Waals surface area (Å²) in [5.74, 6) is 0. The van der Waals surface area contributed by atoms with Gasteiger partial charge in [0.1, 0.15) is 5.54 Å². The van der Waals surface area contributed by atoms with Crippen LogP contribution in [0.5, 0.6) is 0 Å². The van der Waals surface area contributed by atoms with Gasteiger partial charge in [-0.15, -0.1) is 0 Å². The van der Waals surface area contributed by atoms with Gasteiger partial charge in [-0.3, -0.25) is 5.32 Å². The van der Waals surface area contributed by atoms with Crippen LogP contribution in [0.25, 0.3) is 0 Å². The first-order chi connectivity index (χ1) is 9.29. The number of nitrogens with zero attached hydrogens (tertiary/aromatic N) is 3. The third-order valence-corrected chi connectivity index (χ3v) is 3.47. The van der Waals surface area contributed by atoms with E-state index in [9.17, 15) is 5.26 Å². The van der Waals surface area contributed by atoms with Gasteiger partial charge < -0.3 is 9.80 Å². The van der Waals surface area contributed by atoms with Gasteiger partial charge in [-0.05, 0) is 87.2 Å². The minimum Gasteiger partial charge on any atom is -0.309 e. The molecule has 0 heterocycles. The largest absolute Gasteiger partial charge is 0.309 e. The third kappa shape index (κ3) is 10.2. The first kappa shape index (κ1) is 19.4. The minimum atomic E-state index is -0.377. The Balaban J connectivity index is 3.76. The minimum absolute atomic E-state index is 0.355. The van der Waals surface area contributed by atoms with Gasteiger partial charge in [0.15, 0.2) is 0 Å². The molecule has 4 nitrogen and oxygen atoms in total. The molecule has 1 N–H and O–H groups in total. The van der Waals surface area contributed by atoms with Crippen LogP contribution in [0.3, 0.4) is 0 Å². The zero-order valence-corrected chi connectivity index (χ0v) is 14.4. The fourth-order valence-corrected chi connectivity index (χ4v) is 2.43. The van der Waals surface area contributed by atoms with Crippen LogP contribution >= 0.6 is 0 Å². The van der Waals surface area contributed by atoms with E-state index in [0.29, 0.717) is 6.04 Å². The van der Waals surface area contributed by atoms with Crippen LogP contribution in [-0.2, 0) is 0 Å². The molecule has 118 valence electrons. The molecule has 0 amide bonds. The average Bonchev–Trinajstić information content (AvgIpc) is 2.33. The lowest BCUT2D eigenvalue weighted by Gasteiger charge is -2.26. The van der Waals surface area contributed by atoms with Gasteiger partial charge in [0.25, 0.3) is 0 Å². The summed E-state index contributed by atoms with van der Waals surface area (Å²) in [4.78, 5) is 4.62. The molecule has 0 bridgehead atoms. The van der Waals surface area contributed by atoms with Crippen molar-refractivity contribution in [1.82, 2.24) is 15.1 Å². The second-order valence-electron chi connectivity index (χ2n) is 6.66. The van der Waals surface area contributed by atoms with Crippen molar-refractivity contribution in [2.75, 3.05) is 40.8 Å². The van der Waals surface area contributed by atoms with Crippen molar-refractivity contribution in [1.29, 1.82) is 5.26 Å². The standard InChI is InChI=1S/C16H34N4/c1-15(2)18-16(3,14-17)10-7-8-12-20(6)13-9-11-19(4)5/h15,18H,7-13H2,1-6H3. The fraction of sp³-hybridized carbons (Fsp3) is 0.938. The SMILES string of the molecule is CC(C)NC(C)(C#N)CCCCN(C)CCCN(C)C. The van der Waals surface area contributed by atoms with Crippen molar-refractivity contribution in [2.45, 2.75) is 58.0 Å². The normalized spacial score (nSPS) is 14.8. The lowest BCUT2D eigenvalue weighted by atomic mass is 9.95. The number of hydrogen-bond donors (Lipinski definition) is 1. The van der Waals surface area contributed by atoms with Gasteiger partial charge in [-0.25, -0.2) is 0 Å². The quantitative estimate of drug-likeness (QED) is 0.591. The Kier molecular flexibility index (Phi) is 9.83. The van der Waals surface area contributed by atoms with Crippen molar-refractivity contribution in [3.63, 3.8) is 0 Å². The lowest BCUT2D eigenvalue weighted by Crippen LogP contribution is -2.44. The van der Waals surface area contributed by atoms with Gasteiger partial charge >= 0.3 is 0 Å². The number of unbranched alkanes of at least 4 members (excludes halogenated alkanes) is 1. The van der Waals surface area contributed by atoms with Gasteiger partial charge in [-0.1, -0.05) is 0 Å². The number of nitriles is 1. The fourth-order valence-electron chi connectivity index (χ4n) is 2.43. The molecule has 20 heavy (non-hydrogen) atoms. The van der Waals surface area contributed by atoms with Crippen molar-refractivity contribution >= 4 is 0 Å². The lowest BCUT2D eigenvalue weighted by molar-refractivity contribution is 0.287. The predicted molar refractivity (Wildman–Crippen MR) is 86.8 cm³/mol. The highest BCUT2D eigenvalue weighted by Crippen LogP contribution is 2.14. The maximum Gasteiger partial charge on any atom is 0.104 e. The topological polar surface area (TPSA) is 42.3 Å². The van der Waals surface area contributed by atoms with Crippen LogP contribution in [0, 0.1) is 11.3 Å². The highest BCUT2D eigenvalue weighted by atomic mass is 15.1. The van der Waals surface area contributed by atoms with Crippen LogP contribution in [0.4, 0.5) is 0 Å². The summed E-state index contributed by atoms with van der Waals surface area (Å²) >= 11 is 0. The molecule has 4 heteroatoms. The summed E-state index contributed by atoms with van der Waals surface area (Å²) in [6.45, 7) is 9.61. The first-order valence-corrected chi connectivity index (χ1v) is 7.81. The summed E-state index contributed by atoms with van der Waals surface area (Å²) in [7, 11) is 6.42. The second-order valence-corrected chi connectivity index (χ2v) is 6.66. The zero-order chi connectivity index (χ0) is 15.6. The molecule has 0 rings (SSSR count). The van der Waals surface area contributed by atoms with Crippen molar-refractivity contribution < 1.29 is 0 Å². The molecule has 0 aliphatic carbocycles. The Labute approximate surface area is 126 Å². The number of rotatable bonds is 11. The van der Waals surface area contributed by atoms with E-state index in [1.807, 2.05) is 6.92 Å². The molecule has 0 aromatic carbocycles. The van der Waals surface area contributed by atoms with Gasteiger partial charge in [0.05, 0.1) is 6.07 Å². The highest BCUT2D eigenvalue weighted by Gasteiger charge is 2.23. The van der Waals surface area contributed by atoms with E-state index in [0.717, 1.165) is 38.9 Å². The van der Waals surface area contributed by atoms with Crippen LogP contribution in [-0.4, -0.2) is 62.2 Å². The Morgan fingerprint density at radius 2 is 1.65 bits per heavy atom. The van der Waals surface area contributed by atoms with E-state index in [2.05, 4.69) is 56.2 Å². The maximum atomic E-state index is 9.28. The van der Waals surface area contributed by atoms with Crippen molar-refractivity contribution in [3.8, 4) is 6.07 Å². The summed E-state index contributed by atoms with van der Waals surface area (Å²) in [6.07, 6.45) is 4.40. The monoisotopic (exact) mass is 282 g/mol. The smallest absolute Gasteiger partial charge is 0.104 e. The molecule has 0 saturated carbocycles. The molecule has 0 aliphatic rings. The number of nitrogens with one attached hydrogen (secondary N) is 1. The van der Waals surface area contributed by atoms with E-state index >= 15 is 0 Å². The van der Waals surface area contributed by atoms with E-state index in [4.69, 9.17) is 0 Å². The van der Waals surface area contributed by atoms with Crippen LogP contribution < -0.4 is 5.32 Å². The summed E-state index contributed by atoms with van der Waals surface area (Å²) in [5, 5.41) is 12.6. The maximum absolute atomic E-state index is 9.28. The van der Waals surface area contributed by atoms with Crippen molar-refractivity contribution in [3.05, 3.63) is 0 Å². The first-order valence-electron chi connectivity index (χ1n) is 7.81. The Morgan fingerprint density at radius 3 is 2.15 bits per heavy atom. The van der Waals surface area contributed by atoms with Crippen LogP contribution in [0.2, 0.25) is 0 Å². The molecule has 0 saturated heterocycles. The molecule has 1 unspecified atom stereocenters. The highest BCUT2D eigenvalue weighted by molar-refractivity contribution is 5.04. The molecule has 0 radical (unpaired) electrons. The van der Waals surface area contributed by atoms with E-state index in [1.54, 1.807) is 0 Å². The summed E-state index contributed by atoms with van der Waals surface area (Å²) in [6, 6.07) is 2.77. The van der Waals surface area contributed by atoms with Gasteiger partial charge in [0, 0.05) is 6.04 Å². The molecular formula is C16H34N4. The number of hydrogen-bond acceptors (Lipinski definition) is 4. The van der Waals surface area contributed by atoms with Crippen LogP contribution in [0.15, 0.2) is 0 Å². The average molecular weight is 282 g/mol. The van der Waals surface area contributed by atoms with Gasteiger partial charge in [0.2, 0.25) is 0 Å². The predicted octanol–water partition coefficient (Wildman–Crippen LogP) is 2.32. The Morgan fingerprint density at radius 1 is 1.05 bits per heavy atom. The molecule has 0 spiro atoms.